The second-order valence-electron chi connectivity index (χ2n) is 5.28. The van der Waals surface area contributed by atoms with Crippen LogP contribution in [0.25, 0.3) is 10.1 Å². The highest BCUT2D eigenvalue weighted by Crippen LogP contribution is 2.35. The Bertz CT molecular complexity index is 659. The Morgan fingerprint density at radius 3 is 2.95 bits per heavy atom. The summed E-state index contributed by atoms with van der Waals surface area (Å²) in [7, 11) is 1.90. The third kappa shape index (κ3) is 2.29. The van der Waals surface area contributed by atoms with E-state index < -0.39 is 0 Å². The summed E-state index contributed by atoms with van der Waals surface area (Å²) < 4.78 is 1.09. The van der Waals surface area contributed by atoms with Gasteiger partial charge in [-0.2, -0.15) is 11.8 Å². The minimum Gasteiger partial charge on any atom is -0.397 e. The smallest absolute Gasteiger partial charge is 0.266 e. The van der Waals surface area contributed by atoms with E-state index >= 15 is 0 Å². The van der Waals surface area contributed by atoms with Crippen LogP contribution in [0.2, 0.25) is 0 Å². The fourth-order valence-electron chi connectivity index (χ4n) is 2.54. The number of nitrogen functional groups attached to an aromatic ring is 1. The topological polar surface area (TPSA) is 46.3 Å². The van der Waals surface area contributed by atoms with E-state index in [9.17, 15) is 4.79 Å². The van der Waals surface area contributed by atoms with Gasteiger partial charge in [-0.05, 0) is 31.2 Å². The number of benzene rings is 1. The summed E-state index contributed by atoms with van der Waals surface area (Å²) in [6.07, 6.45) is 1.08. The normalized spacial score (nSPS) is 18.6. The molecule has 5 heteroatoms. The number of amides is 1. The summed E-state index contributed by atoms with van der Waals surface area (Å²) in [5, 5.41) is 1.01. The van der Waals surface area contributed by atoms with Crippen LogP contribution in [-0.4, -0.2) is 35.4 Å². The van der Waals surface area contributed by atoms with Gasteiger partial charge in [0.2, 0.25) is 0 Å². The van der Waals surface area contributed by atoms with E-state index in [-0.39, 0.29) is 5.91 Å². The average molecular weight is 306 g/mol. The first kappa shape index (κ1) is 13.8. The fourth-order valence-corrected chi connectivity index (χ4v) is 4.90. The van der Waals surface area contributed by atoms with Gasteiger partial charge in [0.15, 0.2) is 0 Å². The first-order valence-corrected chi connectivity index (χ1v) is 8.68. The van der Waals surface area contributed by atoms with Crippen LogP contribution in [0, 0.1) is 6.92 Å². The molecule has 106 valence electrons. The standard InChI is InChI=1S/C15H18N2OS2/c1-9-3-4-12-11(7-9)13(16)14(20-12)15(18)17(2)10-5-6-19-8-10/h3-4,7,10H,5-6,8,16H2,1-2H3. The second kappa shape index (κ2) is 5.30. The lowest BCUT2D eigenvalue weighted by Gasteiger charge is -2.23. The van der Waals surface area contributed by atoms with Crippen LogP contribution in [0.3, 0.4) is 0 Å². The molecule has 2 aromatic rings. The Hall–Kier alpha value is -1.20. The molecule has 1 aliphatic heterocycles. The van der Waals surface area contributed by atoms with E-state index in [2.05, 4.69) is 12.1 Å². The van der Waals surface area contributed by atoms with Gasteiger partial charge in [0, 0.05) is 28.9 Å². The Balaban J connectivity index is 1.96. The van der Waals surface area contributed by atoms with Crippen LogP contribution in [0.1, 0.15) is 21.7 Å². The predicted octanol–water partition coefficient (Wildman–Crippen LogP) is 3.37. The van der Waals surface area contributed by atoms with Gasteiger partial charge >= 0.3 is 0 Å². The van der Waals surface area contributed by atoms with Gasteiger partial charge in [-0.25, -0.2) is 0 Å². The molecular weight excluding hydrogens is 288 g/mol. The molecule has 1 atom stereocenters. The zero-order valence-electron chi connectivity index (χ0n) is 11.7. The molecule has 0 radical (unpaired) electrons. The predicted molar refractivity (Wildman–Crippen MR) is 88.8 cm³/mol. The number of hydrogen-bond acceptors (Lipinski definition) is 4. The van der Waals surface area contributed by atoms with Gasteiger partial charge in [0.1, 0.15) is 4.88 Å². The van der Waals surface area contributed by atoms with Gasteiger partial charge in [0.25, 0.3) is 5.91 Å². The van der Waals surface area contributed by atoms with Crippen molar-refractivity contribution in [1.82, 2.24) is 4.90 Å². The van der Waals surface area contributed by atoms with Crippen molar-refractivity contribution in [2.45, 2.75) is 19.4 Å². The van der Waals surface area contributed by atoms with Crippen molar-refractivity contribution in [3.05, 3.63) is 28.6 Å². The van der Waals surface area contributed by atoms with Crippen LogP contribution >= 0.6 is 23.1 Å². The fraction of sp³-hybridized carbons (Fsp3) is 0.400. The summed E-state index contributed by atoms with van der Waals surface area (Å²) in [6, 6.07) is 6.51. The Morgan fingerprint density at radius 1 is 1.45 bits per heavy atom. The van der Waals surface area contributed by atoms with Gasteiger partial charge < -0.3 is 10.6 Å². The van der Waals surface area contributed by atoms with Crippen molar-refractivity contribution in [2.24, 2.45) is 0 Å². The Kier molecular flexibility index (Phi) is 3.65. The van der Waals surface area contributed by atoms with Crippen molar-refractivity contribution in [3.63, 3.8) is 0 Å². The zero-order valence-corrected chi connectivity index (χ0v) is 13.3. The maximum atomic E-state index is 12.7. The van der Waals surface area contributed by atoms with E-state index in [4.69, 9.17) is 5.73 Å². The molecule has 0 bridgehead atoms. The number of aryl methyl sites for hydroxylation is 1. The van der Waals surface area contributed by atoms with Crippen LogP contribution < -0.4 is 5.73 Å². The molecule has 3 nitrogen and oxygen atoms in total. The lowest BCUT2D eigenvalue weighted by atomic mass is 10.1. The molecule has 1 aliphatic rings. The molecule has 1 fully saturated rings. The van der Waals surface area contributed by atoms with Crippen LogP contribution in [0.15, 0.2) is 18.2 Å². The average Bonchev–Trinajstić information content (AvgIpc) is 3.06. The molecule has 3 rings (SSSR count). The monoisotopic (exact) mass is 306 g/mol. The molecule has 1 aromatic carbocycles. The van der Waals surface area contributed by atoms with E-state index in [1.165, 1.54) is 16.9 Å². The number of fused-ring (bicyclic) bond motifs is 1. The number of hydrogen-bond donors (Lipinski definition) is 1. The summed E-state index contributed by atoms with van der Waals surface area (Å²) in [6.45, 7) is 2.04. The van der Waals surface area contributed by atoms with Gasteiger partial charge in [-0.1, -0.05) is 11.6 Å². The number of carbonyl (C=O) groups excluding carboxylic acids is 1. The van der Waals surface area contributed by atoms with Crippen LogP contribution in [0.4, 0.5) is 5.69 Å². The molecule has 1 aromatic heterocycles. The molecule has 2 N–H and O–H groups in total. The highest BCUT2D eigenvalue weighted by atomic mass is 32.2. The number of nitrogens with zero attached hydrogens (tertiary/aromatic N) is 1. The molecule has 0 spiro atoms. The molecule has 0 saturated carbocycles. The van der Waals surface area contributed by atoms with Crippen molar-refractivity contribution in [1.29, 1.82) is 0 Å². The summed E-state index contributed by atoms with van der Waals surface area (Å²) >= 11 is 3.42. The SMILES string of the molecule is Cc1ccc2sc(C(=O)N(C)C3CCSC3)c(N)c2c1. The molecule has 20 heavy (non-hydrogen) atoms. The quantitative estimate of drug-likeness (QED) is 0.925. The molecular formula is C15H18N2OS2. The third-order valence-corrected chi connectivity index (χ3v) is 6.17. The minimum atomic E-state index is 0.0638. The summed E-state index contributed by atoms with van der Waals surface area (Å²) in [4.78, 5) is 15.2. The van der Waals surface area contributed by atoms with Crippen molar-refractivity contribution in [3.8, 4) is 0 Å². The molecule has 1 unspecified atom stereocenters. The number of thioether (sulfide) groups is 1. The van der Waals surface area contributed by atoms with Crippen LogP contribution in [-0.2, 0) is 0 Å². The summed E-state index contributed by atoms with van der Waals surface area (Å²) in [5.74, 6) is 2.24. The van der Waals surface area contributed by atoms with E-state index in [1.54, 1.807) is 0 Å². The maximum Gasteiger partial charge on any atom is 0.266 e. The first-order valence-electron chi connectivity index (χ1n) is 6.71. The van der Waals surface area contributed by atoms with E-state index in [0.717, 1.165) is 28.0 Å². The van der Waals surface area contributed by atoms with Crippen LogP contribution in [0.5, 0.6) is 0 Å². The van der Waals surface area contributed by atoms with Gasteiger partial charge in [-0.3, -0.25) is 4.79 Å². The lowest BCUT2D eigenvalue weighted by molar-refractivity contribution is 0.0754. The third-order valence-electron chi connectivity index (χ3n) is 3.85. The number of anilines is 1. The maximum absolute atomic E-state index is 12.7. The number of rotatable bonds is 2. The van der Waals surface area contributed by atoms with Gasteiger partial charge in [0.05, 0.1) is 5.69 Å². The second-order valence-corrected chi connectivity index (χ2v) is 7.48. The first-order chi connectivity index (χ1) is 9.58. The molecule has 2 heterocycles. The van der Waals surface area contributed by atoms with E-state index in [1.807, 2.05) is 36.7 Å². The lowest BCUT2D eigenvalue weighted by Crippen LogP contribution is -2.36. The minimum absolute atomic E-state index is 0.0638. The van der Waals surface area contributed by atoms with Crippen molar-refractivity contribution < 1.29 is 4.79 Å². The van der Waals surface area contributed by atoms with Crippen molar-refractivity contribution >= 4 is 44.8 Å². The number of thiophene rings is 1. The highest BCUT2D eigenvalue weighted by molar-refractivity contribution is 7.99. The Morgan fingerprint density at radius 2 is 2.25 bits per heavy atom. The van der Waals surface area contributed by atoms with E-state index in [0.29, 0.717) is 16.6 Å². The summed E-state index contributed by atoms with van der Waals surface area (Å²) in [5.41, 5.74) is 8.01. The molecule has 0 aliphatic carbocycles. The number of nitrogens with two attached hydrogens (primary N) is 1. The Labute approximate surface area is 127 Å². The van der Waals surface area contributed by atoms with Crippen molar-refractivity contribution in [2.75, 3.05) is 24.3 Å². The largest absolute Gasteiger partial charge is 0.397 e. The molecule has 1 amide bonds. The zero-order chi connectivity index (χ0) is 14.3. The molecule has 1 saturated heterocycles. The number of carbonyl (C=O) groups is 1. The highest BCUT2D eigenvalue weighted by Gasteiger charge is 2.27. The van der Waals surface area contributed by atoms with Gasteiger partial charge in [-0.15, -0.1) is 11.3 Å².